The highest BCUT2D eigenvalue weighted by molar-refractivity contribution is 5.94. The molecule has 0 radical (unpaired) electrons. The number of ketones is 1. The minimum absolute atomic E-state index is 0.100. The summed E-state index contributed by atoms with van der Waals surface area (Å²) >= 11 is 0. The van der Waals surface area contributed by atoms with E-state index in [-0.39, 0.29) is 35.2 Å². The number of allylic oxidation sites excluding steroid dienone is 1. The van der Waals surface area contributed by atoms with Crippen LogP contribution in [-0.2, 0) is 9.59 Å². The molecular formula is C28H44O4. The zero-order valence-electron chi connectivity index (χ0n) is 20.6. The summed E-state index contributed by atoms with van der Waals surface area (Å²) in [6.45, 7) is 9.31. The number of carboxylic acid groups (broad SMARTS) is 1. The molecule has 0 spiro atoms. The summed E-state index contributed by atoms with van der Waals surface area (Å²) in [5, 5.41) is 19.2. The first-order valence-corrected chi connectivity index (χ1v) is 13.2. The SMILES string of the molecule is CC(CCC[C@@H](C)[C@H]1CC[C@H]2[C@@H]3C(=O)C=C4CC(O)CC[C@]4(C)[C@H]3CC[C@]12C)CC(=O)O. The van der Waals surface area contributed by atoms with Crippen LogP contribution < -0.4 is 0 Å². The maximum absolute atomic E-state index is 13.4. The van der Waals surface area contributed by atoms with Gasteiger partial charge in [-0.1, -0.05) is 52.5 Å². The van der Waals surface area contributed by atoms with Gasteiger partial charge in [0.1, 0.15) is 0 Å². The molecule has 9 atom stereocenters. The summed E-state index contributed by atoms with van der Waals surface area (Å²) < 4.78 is 0. The van der Waals surface area contributed by atoms with Crippen LogP contribution in [-0.4, -0.2) is 28.1 Å². The molecule has 0 bridgehead atoms. The molecule has 4 heteroatoms. The monoisotopic (exact) mass is 444 g/mol. The van der Waals surface area contributed by atoms with Gasteiger partial charge in [-0.05, 0) is 91.4 Å². The van der Waals surface area contributed by atoms with Crippen LogP contribution in [0.3, 0.4) is 0 Å². The highest BCUT2D eigenvalue weighted by Gasteiger charge is 2.61. The molecule has 2 N–H and O–H groups in total. The molecule has 4 aliphatic rings. The fourth-order valence-electron chi connectivity index (χ4n) is 8.75. The number of aliphatic hydroxyl groups excluding tert-OH is 1. The molecule has 0 aromatic rings. The van der Waals surface area contributed by atoms with E-state index in [0.29, 0.717) is 35.9 Å². The average molecular weight is 445 g/mol. The highest BCUT2D eigenvalue weighted by Crippen LogP contribution is 2.66. The molecule has 0 saturated heterocycles. The Kier molecular flexibility index (Phi) is 6.66. The smallest absolute Gasteiger partial charge is 0.303 e. The lowest BCUT2D eigenvalue weighted by Crippen LogP contribution is -2.53. The van der Waals surface area contributed by atoms with Gasteiger partial charge in [-0.3, -0.25) is 9.59 Å². The zero-order chi connectivity index (χ0) is 23.3. The number of aliphatic carboxylic acids is 1. The van der Waals surface area contributed by atoms with Crippen LogP contribution in [0.5, 0.6) is 0 Å². The van der Waals surface area contributed by atoms with Crippen molar-refractivity contribution in [2.24, 2.45) is 46.3 Å². The summed E-state index contributed by atoms with van der Waals surface area (Å²) in [5.74, 6) is 2.32. The minimum Gasteiger partial charge on any atom is -0.481 e. The number of hydrogen-bond acceptors (Lipinski definition) is 3. The van der Waals surface area contributed by atoms with Crippen molar-refractivity contribution in [3.05, 3.63) is 11.6 Å². The minimum atomic E-state index is -0.691. The fraction of sp³-hybridized carbons (Fsp3) is 0.857. The third-order valence-corrected chi connectivity index (χ3v) is 10.6. The second-order valence-corrected chi connectivity index (χ2v) is 12.5. The van der Waals surface area contributed by atoms with Gasteiger partial charge in [0.2, 0.25) is 0 Å². The van der Waals surface area contributed by atoms with Crippen LogP contribution in [0.4, 0.5) is 0 Å². The second kappa shape index (κ2) is 8.89. The van der Waals surface area contributed by atoms with Gasteiger partial charge in [0.05, 0.1) is 6.10 Å². The summed E-state index contributed by atoms with van der Waals surface area (Å²) in [6, 6.07) is 0. The topological polar surface area (TPSA) is 74.6 Å². The second-order valence-electron chi connectivity index (χ2n) is 12.5. The van der Waals surface area contributed by atoms with Gasteiger partial charge in [0.15, 0.2) is 5.78 Å². The first kappa shape index (κ1) is 24.0. The Morgan fingerprint density at radius 2 is 1.84 bits per heavy atom. The van der Waals surface area contributed by atoms with E-state index in [2.05, 4.69) is 20.8 Å². The van der Waals surface area contributed by atoms with E-state index in [1.54, 1.807) is 0 Å². The summed E-state index contributed by atoms with van der Waals surface area (Å²) in [6.07, 6.45) is 12.6. The third-order valence-electron chi connectivity index (χ3n) is 10.6. The predicted molar refractivity (Wildman–Crippen MR) is 126 cm³/mol. The Labute approximate surface area is 194 Å². The first-order chi connectivity index (χ1) is 15.1. The van der Waals surface area contributed by atoms with E-state index in [1.807, 2.05) is 13.0 Å². The predicted octanol–water partition coefficient (Wildman–Crippen LogP) is 6.02. The van der Waals surface area contributed by atoms with Crippen LogP contribution in [0.1, 0.15) is 98.3 Å². The molecule has 0 aliphatic heterocycles. The van der Waals surface area contributed by atoms with Crippen LogP contribution in [0.25, 0.3) is 0 Å². The molecule has 4 rings (SSSR count). The van der Waals surface area contributed by atoms with E-state index in [0.717, 1.165) is 32.1 Å². The van der Waals surface area contributed by atoms with Crippen LogP contribution >= 0.6 is 0 Å². The molecule has 32 heavy (non-hydrogen) atoms. The molecule has 3 fully saturated rings. The number of carboxylic acids is 1. The average Bonchev–Trinajstić information content (AvgIpc) is 3.06. The fourth-order valence-corrected chi connectivity index (χ4v) is 8.75. The van der Waals surface area contributed by atoms with Crippen molar-refractivity contribution < 1.29 is 19.8 Å². The summed E-state index contributed by atoms with van der Waals surface area (Å²) in [4.78, 5) is 24.4. The maximum Gasteiger partial charge on any atom is 0.303 e. The van der Waals surface area contributed by atoms with Crippen molar-refractivity contribution in [2.45, 2.75) is 104 Å². The lowest BCUT2D eigenvalue weighted by Gasteiger charge is -2.57. The van der Waals surface area contributed by atoms with Gasteiger partial charge in [0, 0.05) is 12.3 Å². The molecule has 3 saturated carbocycles. The summed E-state index contributed by atoms with van der Waals surface area (Å²) in [7, 11) is 0. The number of rotatable bonds is 7. The third kappa shape index (κ3) is 4.10. The van der Waals surface area contributed by atoms with Gasteiger partial charge in [-0.2, -0.15) is 0 Å². The quantitative estimate of drug-likeness (QED) is 0.503. The van der Waals surface area contributed by atoms with Crippen molar-refractivity contribution in [3.8, 4) is 0 Å². The number of carbonyl (C=O) groups excluding carboxylic acids is 1. The summed E-state index contributed by atoms with van der Waals surface area (Å²) in [5.41, 5.74) is 1.58. The van der Waals surface area contributed by atoms with E-state index < -0.39 is 5.97 Å². The van der Waals surface area contributed by atoms with Crippen LogP contribution in [0.2, 0.25) is 0 Å². The first-order valence-electron chi connectivity index (χ1n) is 13.2. The van der Waals surface area contributed by atoms with Crippen molar-refractivity contribution in [1.82, 2.24) is 0 Å². The van der Waals surface area contributed by atoms with Crippen molar-refractivity contribution in [1.29, 1.82) is 0 Å². The van der Waals surface area contributed by atoms with Gasteiger partial charge >= 0.3 is 5.97 Å². The number of aliphatic hydroxyl groups is 1. The molecule has 2 unspecified atom stereocenters. The lowest BCUT2D eigenvalue weighted by atomic mass is 9.46. The lowest BCUT2D eigenvalue weighted by molar-refractivity contribution is -0.138. The van der Waals surface area contributed by atoms with E-state index >= 15 is 0 Å². The molecule has 0 amide bonds. The Morgan fingerprint density at radius 3 is 2.56 bits per heavy atom. The largest absolute Gasteiger partial charge is 0.481 e. The molecule has 0 heterocycles. The number of fused-ring (bicyclic) bond motifs is 5. The van der Waals surface area contributed by atoms with Crippen LogP contribution in [0, 0.1) is 46.3 Å². The molecule has 4 nitrogen and oxygen atoms in total. The molecule has 0 aromatic carbocycles. The number of carbonyl (C=O) groups is 2. The van der Waals surface area contributed by atoms with Crippen LogP contribution in [0.15, 0.2) is 11.6 Å². The van der Waals surface area contributed by atoms with E-state index in [9.17, 15) is 14.7 Å². The molecular weight excluding hydrogens is 400 g/mol. The Hall–Kier alpha value is -1.16. The van der Waals surface area contributed by atoms with Crippen molar-refractivity contribution in [2.75, 3.05) is 0 Å². The van der Waals surface area contributed by atoms with Gasteiger partial charge in [-0.25, -0.2) is 0 Å². The normalized spacial score (nSPS) is 43.0. The highest BCUT2D eigenvalue weighted by atomic mass is 16.4. The zero-order valence-corrected chi connectivity index (χ0v) is 20.6. The Bertz CT molecular complexity index is 771. The van der Waals surface area contributed by atoms with Crippen molar-refractivity contribution in [3.63, 3.8) is 0 Å². The van der Waals surface area contributed by atoms with Crippen molar-refractivity contribution >= 4 is 11.8 Å². The maximum atomic E-state index is 13.4. The van der Waals surface area contributed by atoms with Gasteiger partial charge < -0.3 is 10.2 Å². The van der Waals surface area contributed by atoms with Gasteiger partial charge in [-0.15, -0.1) is 0 Å². The molecule has 180 valence electrons. The van der Waals surface area contributed by atoms with E-state index in [1.165, 1.54) is 31.3 Å². The standard InChI is InChI=1S/C28H44O4/c1-17(14-25(31)32)6-5-7-18(2)21-8-9-22-26-23(11-13-28(21,22)4)27(3)12-10-20(29)15-19(27)16-24(26)30/h16-18,20-23,26,29H,5-15H2,1-4H3,(H,31,32)/t17?,18-,20?,21-,22+,23+,26+,27+,28-/m1/s1. The Morgan fingerprint density at radius 1 is 1.09 bits per heavy atom. The Balaban J connectivity index is 1.45. The van der Waals surface area contributed by atoms with E-state index in [4.69, 9.17) is 5.11 Å². The number of hydrogen-bond donors (Lipinski definition) is 2. The molecule has 0 aromatic heterocycles. The van der Waals surface area contributed by atoms with Gasteiger partial charge in [0.25, 0.3) is 0 Å². The molecule has 4 aliphatic carbocycles.